The van der Waals surface area contributed by atoms with Crippen molar-refractivity contribution in [1.29, 1.82) is 0 Å². The van der Waals surface area contributed by atoms with Crippen LogP contribution in [0.4, 0.5) is 10.5 Å². The molecule has 0 saturated heterocycles. The lowest BCUT2D eigenvalue weighted by Gasteiger charge is -2.34. The molecule has 7 heteroatoms. The number of carbonyl (C=O) groups excluding carboxylic acids is 1. The number of hydrogen-bond acceptors (Lipinski definition) is 4. The van der Waals surface area contributed by atoms with Crippen molar-refractivity contribution >= 4 is 33.7 Å². The molecule has 1 aromatic rings. The van der Waals surface area contributed by atoms with E-state index in [4.69, 9.17) is 4.74 Å². The Balaban J connectivity index is 2.54. The van der Waals surface area contributed by atoms with E-state index in [-0.39, 0.29) is 0 Å². The summed E-state index contributed by atoms with van der Waals surface area (Å²) in [4.78, 5) is 29.0. The molecule has 1 aliphatic rings. The second-order valence-corrected chi connectivity index (χ2v) is 6.95. The number of halogens is 1. The third-order valence-electron chi connectivity index (χ3n) is 3.26. The van der Waals surface area contributed by atoms with Crippen molar-refractivity contribution < 1.29 is 19.4 Å². The molecule has 1 N–H and O–H groups in total. The number of pyridine rings is 1. The molecule has 1 aromatic heterocycles. The number of aliphatic carboxylic acids is 1. The van der Waals surface area contributed by atoms with E-state index in [1.165, 1.54) is 6.92 Å². The van der Waals surface area contributed by atoms with Gasteiger partial charge in [0.15, 0.2) is 5.54 Å². The van der Waals surface area contributed by atoms with Gasteiger partial charge < -0.3 is 9.84 Å². The maximum Gasteiger partial charge on any atom is 0.415 e. The second kappa shape index (κ2) is 4.98. The van der Waals surface area contributed by atoms with Crippen LogP contribution in [-0.2, 0) is 9.53 Å². The van der Waals surface area contributed by atoms with Crippen molar-refractivity contribution in [2.75, 3.05) is 4.90 Å². The van der Waals surface area contributed by atoms with E-state index < -0.39 is 28.0 Å². The Labute approximate surface area is 131 Å². The molecule has 1 amide bonds. The van der Waals surface area contributed by atoms with Gasteiger partial charge in [-0.2, -0.15) is 0 Å². The molecule has 0 bridgehead atoms. The highest BCUT2D eigenvalue weighted by Gasteiger charge is 2.57. The van der Waals surface area contributed by atoms with Crippen LogP contribution in [0, 0.1) is 0 Å². The lowest BCUT2D eigenvalue weighted by Crippen LogP contribution is -2.55. The lowest BCUT2D eigenvalue weighted by atomic mass is 9.99. The standard InChI is InChI=1S/C14H17BrN2O4/c1-13(2,3)21-12(20)17-8-6-5-7-16-9(8)10(15)14(17,4)11(18)19/h5-7,10H,1-4H3,(H,18,19). The minimum atomic E-state index is -1.50. The van der Waals surface area contributed by atoms with Gasteiger partial charge in [-0.05, 0) is 39.8 Å². The van der Waals surface area contributed by atoms with Crippen LogP contribution in [-0.4, -0.2) is 33.3 Å². The number of carboxylic acids is 1. The summed E-state index contributed by atoms with van der Waals surface area (Å²) in [5.41, 5.74) is -1.27. The van der Waals surface area contributed by atoms with Crippen molar-refractivity contribution in [3.05, 3.63) is 24.0 Å². The van der Waals surface area contributed by atoms with E-state index in [2.05, 4.69) is 20.9 Å². The monoisotopic (exact) mass is 356 g/mol. The molecule has 0 radical (unpaired) electrons. The Morgan fingerprint density at radius 3 is 2.62 bits per heavy atom. The molecule has 0 aromatic carbocycles. The summed E-state index contributed by atoms with van der Waals surface area (Å²) in [6.07, 6.45) is 0.858. The highest BCUT2D eigenvalue weighted by atomic mass is 79.9. The number of ether oxygens (including phenoxy) is 1. The van der Waals surface area contributed by atoms with Gasteiger partial charge in [-0.25, -0.2) is 9.59 Å². The minimum absolute atomic E-state index is 0.443. The second-order valence-electron chi connectivity index (χ2n) is 6.04. The Kier molecular flexibility index (Phi) is 3.73. The molecular formula is C14H17BrN2O4. The molecule has 1 aliphatic heterocycles. The zero-order valence-corrected chi connectivity index (χ0v) is 13.8. The van der Waals surface area contributed by atoms with Gasteiger partial charge >= 0.3 is 12.1 Å². The molecular weight excluding hydrogens is 340 g/mol. The number of amides is 1. The summed E-state index contributed by atoms with van der Waals surface area (Å²) in [5.74, 6) is -1.13. The summed E-state index contributed by atoms with van der Waals surface area (Å²) < 4.78 is 5.35. The maximum atomic E-state index is 12.5. The summed E-state index contributed by atoms with van der Waals surface area (Å²) in [6.45, 7) is 6.67. The van der Waals surface area contributed by atoms with Crippen LogP contribution in [0.15, 0.2) is 18.3 Å². The summed E-state index contributed by atoms with van der Waals surface area (Å²) in [7, 11) is 0. The normalized spacial score (nSPS) is 24.6. The quantitative estimate of drug-likeness (QED) is 0.782. The predicted molar refractivity (Wildman–Crippen MR) is 80.7 cm³/mol. The molecule has 0 aliphatic carbocycles. The van der Waals surface area contributed by atoms with Crippen LogP contribution >= 0.6 is 15.9 Å². The fourth-order valence-corrected chi connectivity index (χ4v) is 2.98. The number of hydrogen-bond donors (Lipinski definition) is 1. The highest BCUT2D eigenvalue weighted by molar-refractivity contribution is 9.09. The summed E-state index contributed by atoms with van der Waals surface area (Å²) in [5, 5.41) is 9.63. The van der Waals surface area contributed by atoms with Crippen molar-refractivity contribution in [2.24, 2.45) is 0 Å². The molecule has 2 heterocycles. The van der Waals surface area contributed by atoms with Gasteiger partial charge in [0.25, 0.3) is 0 Å². The Hall–Kier alpha value is -1.63. The molecule has 2 unspecified atom stereocenters. The summed E-state index contributed by atoms with van der Waals surface area (Å²) in [6, 6.07) is 3.32. The van der Waals surface area contributed by atoms with Gasteiger partial charge in [-0.15, -0.1) is 0 Å². The Morgan fingerprint density at radius 2 is 2.10 bits per heavy atom. The first kappa shape index (κ1) is 15.8. The highest BCUT2D eigenvalue weighted by Crippen LogP contribution is 2.50. The fourth-order valence-electron chi connectivity index (χ4n) is 2.22. The zero-order valence-electron chi connectivity index (χ0n) is 12.3. The van der Waals surface area contributed by atoms with Gasteiger partial charge in [-0.1, -0.05) is 15.9 Å². The molecule has 0 fully saturated rings. The largest absolute Gasteiger partial charge is 0.479 e. The molecule has 0 spiro atoms. The molecule has 21 heavy (non-hydrogen) atoms. The van der Waals surface area contributed by atoms with Crippen molar-refractivity contribution in [1.82, 2.24) is 4.98 Å². The number of alkyl halides is 1. The van der Waals surface area contributed by atoms with Crippen LogP contribution in [0.3, 0.4) is 0 Å². The van der Waals surface area contributed by atoms with Crippen LogP contribution in [0.2, 0.25) is 0 Å². The first-order chi connectivity index (χ1) is 9.59. The Morgan fingerprint density at radius 1 is 1.48 bits per heavy atom. The van der Waals surface area contributed by atoms with E-state index in [1.54, 1.807) is 39.1 Å². The average Bonchev–Trinajstić information content (AvgIpc) is 2.58. The van der Waals surface area contributed by atoms with E-state index in [0.717, 1.165) is 4.90 Å². The topological polar surface area (TPSA) is 79.7 Å². The Bertz CT molecular complexity index is 599. The number of aromatic nitrogens is 1. The number of carbonyl (C=O) groups is 2. The molecule has 0 saturated carbocycles. The lowest BCUT2D eigenvalue weighted by molar-refractivity contribution is -0.142. The van der Waals surface area contributed by atoms with Gasteiger partial charge in [0.05, 0.1) is 16.2 Å². The summed E-state index contributed by atoms with van der Waals surface area (Å²) >= 11 is 3.36. The smallest absolute Gasteiger partial charge is 0.415 e. The minimum Gasteiger partial charge on any atom is -0.479 e. The van der Waals surface area contributed by atoms with E-state index in [9.17, 15) is 14.7 Å². The molecule has 6 nitrogen and oxygen atoms in total. The number of rotatable bonds is 1. The van der Waals surface area contributed by atoms with Crippen LogP contribution in [0.1, 0.15) is 38.2 Å². The number of fused-ring (bicyclic) bond motifs is 1. The third-order valence-corrected chi connectivity index (χ3v) is 4.59. The average molecular weight is 357 g/mol. The van der Waals surface area contributed by atoms with E-state index in [0.29, 0.717) is 11.4 Å². The van der Waals surface area contributed by atoms with Crippen LogP contribution in [0.25, 0.3) is 0 Å². The molecule has 2 atom stereocenters. The third kappa shape index (κ3) is 2.50. The van der Waals surface area contributed by atoms with Crippen LogP contribution < -0.4 is 4.90 Å². The molecule has 114 valence electrons. The first-order valence-electron chi connectivity index (χ1n) is 6.44. The fraction of sp³-hybridized carbons (Fsp3) is 0.500. The first-order valence-corrected chi connectivity index (χ1v) is 7.36. The number of anilines is 1. The van der Waals surface area contributed by atoms with Crippen molar-refractivity contribution in [2.45, 2.75) is 43.7 Å². The van der Waals surface area contributed by atoms with Crippen LogP contribution in [0.5, 0.6) is 0 Å². The van der Waals surface area contributed by atoms with Gasteiger partial charge in [0, 0.05) is 6.20 Å². The SMILES string of the molecule is CC(C)(C)OC(=O)N1c2cccnc2C(Br)C1(C)C(=O)O. The van der Waals surface area contributed by atoms with Gasteiger partial charge in [0.2, 0.25) is 0 Å². The van der Waals surface area contributed by atoms with E-state index in [1.807, 2.05) is 0 Å². The number of carboxylic acid groups (broad SMARTS) is 1. The predicted octanol–water partition coefficient (Wildman–Crippen LogP) is 3.12. The maximum absolute atomic E-state index is 12.5. The number of nitrogens with zero attached hydrogens (tertiary/aromatic N) is 2. The zero-order chi connectivity index (χ0) is 16.0. The molecule has 2 rings (SSSR count). The van der Waals surface area contributed by atoms with Gasteiger partial charge in [0.1, 0.15) is 5.60 Å². The van der Waals surface area contributed by atoms with E-state index >= 15 is 0 Å². The van der Waals surface area contributed by atoms with Gasteiger partial charge in [-0.3, -0.25) is 9.88 Å². The van der Waals surface area contributed by atoms with Crippen molar-refractivity contribution in [3.63, 3.8) is 0 Å². The van der Waals surface area contributed by atoms with Crippen molar-refractivity contribution in [3.8, 4) is 0 Å².